The fourth-order valence-electron chi connectivity index (χ4n) is 2.27. The Morgan fingerprint density at radius 3 is 3.19 bits per heavy atom. The largest absolute Gasteiger partial charge is 0.384 e. The molecule has 1 fully saturated rings. The Labute approximate surface area is 110 Å². The molecule has 0 aliphatic carbocycles. The highest BCUT2D eigenvalue weighted by molar-refractivity contribution is 9.09. The Hall–Kier alpha value is 0.260. The van der Waals surface area contributed by atoms with Gasteiger partial charge in [0.05, 0.1) is 13.2 Å². The SMILES string of the molecule is COCC1CCCN(C2=NCC(CBr)S2)C1. The molecule has 2 atom stereocenters. The molecule has 2 aliphatic heterocycles. The van der Waals surface area contributed by atoms with Gasteiger partial charge in [-0.3, -0.25) is 4.99 Å². The number of aliphatic imine (C=N–C) groups is 1. The van der Waals surface area contributed by atoms with Crippen LogP contribution in [0.15, 0.2) is 4.99 Å². The van der Waals surface area contributed by atoms with Gasteiger partial charge in [0, 0.05) is 30.8 Å². The Bertz CT molecular complexity index is 260. The minimum absolute atomic E-state index is 0.637. The van der Waals surface area contributed by atoms with Crippen LogP contribution in [0.3, 0.4) is 0 Å². The van der Waals surface area contributed by atoms with Crippen LogP contribution >= 0.6 is 27.7 Å². The van der Waals surface area contributed by atoms with E-state index in [1.54, 1.807) is 7.11 Å². The van der Waals surface area contributed by atoms with Gasteiger partial charge in [-0.15, -0.1) is 0 Å². The first-order valence-electron chi connectivity index (χ1n) is 5.84. The molecule has 0 aromatic heterocycles. The molecule has 2 unspecified atom stereocenters. The number of methoxy groups -OCH3 is 1. The van der Waals surface area contributed by atoms with Crippen LogP contribution in [0, 0.1) is 5.92 Å². The molecule has 2 aliphatic rings. The highest BCUT2D eigenvalue weighted by atomic mass is 79.9. The molecule has 92 valence electrons. The molecule has 0 radical (unpaired) electrons. The predicted molar refractivity (Wildman–Crippen MR) is 73.6 cm³/mol. The van der Waals surface area contributed by atoms with Gasteiger partial charge >= 0.3 is 0 Å². The van der Waals surface area contributed by atoms with Crippen LogP contribution in [-0.4, -0.2) is 54.0 Å². The lowest BCUT2D eigenvalue weighted by atomic mass is 9.99. The van der Waals surface area contributed by atoms with E-state index in [1.807, 2.05) is 11.8 Å². The van der Waals surface area contributed by atoms with E-state index in [1.165, 1.54) is 24.6 Å². The summed E-state index contributed by atoms with van der Waals surface area (Å²) in [7, 11) is 1.79. The molecule has 5 heteroatoms. The smallest absolute Gasteiger partial charge is 0.159 e. The zero-order valence-electron chi connectivity index (χ0n) is 9.69. The fourth-order valence-corrected chi connectivity index (χ4v) is 3.84. The van der Waals surface area contributed by atoms with Crippen LogP contribution in [0.2, 0.25) is 0 Å². The van der Waals surface area contributed by atoms with Crippen molar-refractivity contribution in [3.8, 4) is 0 Å². The molecule has 2 rings (SSSR count). The number of hydrogen-bond acceptors (Lipinski definition) is 4. The third-order valence-electron chi connectivity index (χ3n) is 3.07. The molecule has 0 bridgehead atoms. The number of hydrogen-bond donors (Lipinski definition) is 0. The summed E-state index contributed by atoms with van der Waals surface area (Å²) < 4.78 is 5.25. The van der Waals surface area contributed by atoms with Crippen molar-refractivity contribution < 1.29 is 4.74 Å². The molecular formula is C11H19BrN2OS. The van der Waals surface area contributed by atoms with Crippen molar-refractivity contribution >= 4 is 32.9 Å². The van der Waals surface area contributed by atoms with Gasteiger partial charge < -0.3 is 9.64 Å². The third kappa shape index (κ3) is 3.14. The van der Waals surface area contributed by atoms with Gasteiger partial charge in [0.25, 0.3) is 0 Å². The van der Waals surface area contributed by atoms with E-state index in [0.29, 0.717) is 11.2 Å². The molecule has 0 amide bonds. The predicted octanol–water partition coefficient (Wildman–Crippen LogP) is 2.21. The van der Waals surface area contributed by atoms with E-state index in [-0.39, 0.29) is 0 Å². The van der Waals surface area contributed by atoms with E-state index in [0.717, 1.165) is 25.0 Å². The van der Waals surface area contributed by atoms with Crippen LogP contribution in [0.4, 0.5) is 0 Å². The second kappa shape index (κ2) is 6.26. The third-order valence-corrected chi connectivity index (χ3v) is 5.52. The van der Waals surface area contributed by atoms with Crippen molar-refractivity contribution in [3.05, 3.63) is 0 Å². The molecule has 16 heavy (non-hydrogen) atoms. The number of nitrogens with zero attached hydrogens (tertiary/aromatic N) is 2. The number of piperidine rings is 1. The summed E-state index contributed by atoms with van der Waals surface area (Å²) in [5, 5.41) is 2.93. The maximum Gasteiger partial charge on any atom is 0.159 e. The Kier molecular flexibility index (Phi) is 4.97. The average Bonchev–Trinajstić information content (AvgIpc) is 2.78. The fraction of sp³-hybridized carbons (Fsp3) is 0.909. The molecule has 0 aromatic carbocycles. The van der Waals surface area contributed by atoms with E-state index in [4.69, 9.17) is 4.74 Å². The molecule has 3 nitrogen and oxygen atoms in total. The Morgan fingerprint density at radius 1 is 1.62 bits per heavy atom. The maximum atomic E-state index is 5.25. The first kappa shape index (κ1) is 12.7. The monoisotopic (exact) mass is 306 g/mol. The quantitative estimate of drug-likeness (QED) is 0.747. The summed E-state index contributed by atoms with van der Waals surface area (Å²) in [6.07, 6.45) is 2.57. The number of rotatable bonds is 3. The molecule has 0 N–H and O–H groups in total. The van der Waals surface area contributed by atoms with Crippen molar-refractivity contribution in [3.63, 3.8) is 0 Å². The van der Waals surface area contributed by atoms with E-state index < -0.39 is 0 Å². The van der Waals surface area contributed by atoms with Crippen molar-refractivity contribution in [1.82, 2.24) is 4.90 Å². The van der Waals surface area contributed by atoms with Gasteiger partial charge in [0.1, 0.15) is 0 Å². The first-order chi connectivity index (χ1) is 7.83. The standard InChI is InChI=1S/C11H19BrN2OS/c1-15-8-9-3-2-4-14(7-9)11-13-6-10(5-12)16-11/h9-10H,2-8H2,1H3. The topological polar surface area (TPSA) is 24.8 Å². The molecule has 0 aromatic rings. The van der Waals surface area contributed by atoms with Crippen molar-refractivity contribution in [2.24, 2.45) is 10.9 Å². The van der Waals surface area contributed by atoms with E-state index in [9.17, 15) is 0 Å². The summed E-state index contributed by atoms with van der Waals surface area (Å²) in [4.78, 5) is 7.09. The second-order valence-electron chi connectivity index (χ2n) is 4.43. The van der Waals surface area contributed by atoms with E-state index in [2.05, 4.69) is 25.8 Å². The first-order valence-corrected chi connectivity index (χ1v) is 7.84. The van der Waals surface area contributed by atoms with Gasteiger partial charge in [0.15, 0.2) is 5.17 Å². The number of alkyl halides is 1. The lowest BCUT2D eigenvalue weighted by molar-refractivity contribution is 0.116. The lowest BCUT2D eigenvalue weighted by Crippen LogP contribution is -2.39. The van der Waals surface area contributed by atoms with Gasteiger partial charge in [-0.2, -0.15) is 0 Å². The van der Waals surface area contributed by atoms with Crippen molar-refractivity contribution in [2.45, 2.75) is 18.1 Å². The van der Waals surface area contributed by atoms with Gasteiger partial charge in [-0.25, -0.2) is 0 Å². The highest BCUT2D eigenvalue weighted by Gasteiger charge is 2.27. The second-order valence-corrected chi connectivity index (χ2v) is 6.34. The number of thioether (sulfide) groups is 1. The van der Waals surface area contributed by atoms with Crippen LogP contribution < -0.4 is 0 Å². The summed E-state index contributed by atoms with van der Waals surface area (Å²) in [6.45, 7) is 4.14. The maximum absolute atomic E-state index is 5.25. The summed E-state index contributed by atoms with van der Waals surface area (Å²) in [5.41, 5.74) is 0. The molecule has 1 saturated heterocycles. The highest BCUT2D eigenvalue weighted by Crippen LogP contribution is 2.28. The minimum Gasteiger partial charge on any atom is -0.384 e. The molecule has 0 saturated carbocycles. The Balaban J connectivity index is 1.85. The zero-order chi connectivity index (χ0) is 11.4. The van der Waals surface area contributed by atoms with Crippen LogP contribution in [0.5, 0.6) is 0 Å². The molecule has 0 spiro atoms. The summed E-state index contributed by atoms with van der Waals surface area (Å²) in [6, 6.07) is 0. The van der Waals surface area contributed by atoms with Crippen LogP contribution in [0.1, 0.15) is 12.8 Å². The number of likely N-dealkylation sites (tertiary alicyclic amines) is 1. The lowest BCUT2D eigenvalue weighted by Gasteiger charge is -2.33. The van der Waals surface area contributed by atoms with Crippen molar-refractivity contribution in [2.75, 3.05) is 38.7 Å². The summed E-state index contributed by atoms with van der Waals surface area (Å²) >= 11 is 5.46. The normalized spacial score (nSPS) is 30.6. The zero-order valence-corrected chi connectivity index (χ0v) is 12.1. The minimum atomic E-state index is 0.637. The van der Waals surface area contributed by atoms with Gasteiger partial charge in [0.2, 0.25) is 0 Å². The molecular weight excluding hydrogens is 288 g/mol. The van der Waals surface area contributed by atoms with Gasteiger partial charge in [-0.1, -0.05) is 27.7 Å². The Morgan fingerprint density at radius 2 is 2.50 bits per heavy atom. The van der Waals surface area contributed by atoms with Gasteiger partial charge in [-0.05, 0) is 18.8 Å². The number of amidine groups is 1. The van der Waals surface area contributed by atoms with Crippen LogP contribution in [-0.2, 0) is 4.74 Å². The van der Waals surface area contributed by atoms with Crippen LogP contribution in [0.25, 0.3) is 0 Å². The molecule has 2 heterocycles. The number of halogens is 1. The average molecular weight is 307 g/mol. The summed E-state index contributed by atoms with van der Waals surface area (Å²) in [5.74, 6) is 0.685. The number of ether oxygens (including phenoxy) is 1. The van der Waals surface area contributed by atoms with E-state index >= 15 is 0 Å². The van der Waals surface area contributed by atoms with Crippen molar-refractivity contribution in [1.29, 1.82) is 0 Å².